The van der Waals surface area contributed by atoms with Crippen molar-refractivity contribution < 1.29 is 89.4 Å². The van der Waals surface area contributed by atoms with Crippen LogP contribution in [-0.4, -0.2) is 193 Å². The molecule has 1 amide bonds. The molecule has 3 aliphatic heterocycles. The van der Waals surface area contributed by atoms with Gasteiger partial charge in [0, 0.05) is 6.42 Å². The van der Waals surface area contributed by atoms with E-state index in [1.807, 2.05) is 0 Å². The fourth-order valence-corrected chi connectivity index (χ4v) is 10.7. The average molecular weight is 1100 g/mol. The number of unbranched alkanes of at least 4 members (excludes halogenated alkanes) is 29. The van der Waals surface area contributed by atoms with Crippen LogP contribution in [-0.2, 0) is 33.2 Å². The molecule has 19 heteroatoms. The Bertz CT molecular complexity index is 1400. The first-order chi connectivity index (χ1) is 36.8. The summed E-state index contributed by atoms with van der Waals surface area (Å²) in [7, 11) is 0. The lowest BCUT2D eigenvalue weighted by atomic mass is 9.96. The summed E-state index contributed by atoms with van der Waals surface area (Å²) in [6, 6.07) is -0.878. The van der Waals surface area contributed by atoms with Gasteiger partial charge < -0.3 is 89.9 Å². The van der Waals surface area contributed by atoms with Gasteiger partial charge in [0.2, 0.25) is 5.91 Å². The lowest BCUT2D eigenvalue weighted by Gasteiger charge is -2.48. The highest BCUT2D eigenvalue weighted by Crippen LogP contribution is 2.33. The molecule has 12 N–H and O–H groups in total. The van der Waals surface area contributed by atoms with Crippen molar-refractivity contribution in [3.05, 3.63) is 0 Å². The second-order valence-electron chi connectivity index (χ2n) is 22.2. The molecule has 17 unspecified atom stereocenters. The van der Waals surface area contributed by atoms with E-state index in [1.165, 1.54) is 135 Å². The van der Waals surface area contributed by atoms with Crippen LogP contribution in [0, 0.1) is 0 Å². The summed E-state index contributed by atoms with van der Waals surface area (Å²) in [5.74, 6) is -0.242. The molecule has 0 aliphatic carbocycles. The van der Waals surface area contributed by atoms with E-state index >= 15 is 0 Å². The molecule has 0 saturated carbocycles. The summed E-state index contributed by atoms with van der Waals surface area (Å²) in [6.07, 6.45) is 12.5. The van der Waals surface area contributed by atoms with Gasteiger partial charge in [-0.2, -0.15) is 0 Å². The number of carbonyl (C=O) groups excluding carboxylic acids is 1. The molecule has 3 fully saturated rings. The van der Waals surface area contributed by atoms with Crippen molar-refractivity contribution in [2.24, 2.45) is 0 Å². The maximum Gasteiger partial charge on any atom is 0.220 e. The summed E-state index contributed by atoms with van der Waals surface area (Å²) in [5, 5.41) is 120. The largest absolute Gasteiger partial charge is 0.394 e. The average Bonchev–Trinajstić information content (AvgIpc) is 3.42. The normalized spacial score (nSPS) is 30.9. The molecule has 0 aromatic heterocycles. The third kappa shape index (κ3) is 25.7. The van der Waals surface area contributed by atoms with E-state index in [0.29, 0.717) is 12.8 Å². The zero-order valence-electron chi connectivity index (χ0n) is 46.8. The Morgan fingerprint density at radius 3 is 1.14 bits per heavy atom. The van der Waals surface area contributed by atoms with E-state index in [-0.39, 0.29) is 18.9 Å². The van der Waals surface area contributed by atoms with E-state index in [1.54, 1.807) is 0 Å². The molecule has 76 heavy (non-hydrogen) atoms. The maximum atomic E-state index is 13.3. The first-order valence-electron chi connectivity index (χ1n) is 30.3. The second-order valence-corrected chi connectivity index (χ2v) is 22.2. The SMILES string of the molecule is CCCCCCCCCCCCCCCCCCCCCCCCCCC(=O)NC(COC1OC(CO)C(OC2OC(CO)C(OC3OC(CO)C(O)C(O)C3O)C(O)C2O)C(O)C1O)C(O)CCCCCCCCC. The van der Waals surface area contributed by atoms with Crippen LogP contribution in [0.2, 0.25) is 0 Å². The number of hydrogen-bond donors (Lipinski definition) is 12. The minimum absolute atomic E-state index is 0.242. The first-order valence-corrected chi connectivity index (χ1v) is 30.3. The molecule has 0 aromatic rings. The van der Waals surface area contributed by atoms with Gasteiger partial charge in [0.15, 0.2) is 18.9 Å². The van der Waals surface area contributed by atoms with E-state index in [0.717, 1.165) is 57.8 Å². The highest BCUT2D eigenvalue weighted by Gasteiger charge is 2.53. The van der Waals surface area contributed by atoms with Crippen LogP contribution in [0.15, 0.2) is 0 Å². The van der Waals surface area contributed by atoms with Crippen molar-refractivity contribution in [1.29, 1.82) is 0 Å². The molecule has 17 atom stereocenters. The summed E-state index contributed by atoms with van der Waals surface area (Å²) >= 11 is 0. The van der Waals surface area contributed by atoms with Crippen LogP contribution in [0.5, 0.6) is 0 Å². The lowest BCUT2D eigenvalue weighted by Crippen LogP contribution is -2.66. The van der Waals surface area contributed by atoms with Gasteiger partial charge in [-0.05, 0) is 12.8 Å². The molecule has 0 aromatic carbocycles. The number of hydrogen-bond acceptors (Lipinski definition) is 18. The quantitative estimate of drug-likeness (QED) is 0.0348. The maximum absolute atomic E-state index is 13.3. The molecule has 3 aliphatic rings. The fourth-order valence-electron chi connectivity index (χ4n) is 10.7. The second kappa shape index (κ2) is 41.7. The standard InChI is InChI=1S/C57H109NO18/c1-3-5-7-9-11-12-13-14-15-16-17-18-19-20-21-22-23-24-25-26-27-29-31-33-35-45(63)58-40(41(62)34-32-30-28-10-8-6-4-2)39-71-55-51(69)48(66)53(43(37-60)73-55)76-57-52(70)49(67)54(44(38-61)74-57)75-56-50(68)47(65)46(64)42(36-59)72-56/h40-44,46-57,59-62,64-70H,3-39H2,1-2H3,(H,58,63). The number of nitrogens with one attached hydrogen (secondary N) is 1. The number of carbonyl (C=O) groups is 1. The van der Waals surface area contributed by atoms with E-state index in [9.17, 15) is 61.0 Å². The van der Waals surface area contributed by atoms with Gasteiger partial charge in [-0.25, -0.2) is 0 Å². The molecule has 19 nitrogen and oxygen atoms in total. The third-order valence-electron chi connectivity index (χ3n) is 15.7. The number of ether oxygens (including phenoxy) is 6. The molecular weight excluding hydrogens is 987 g/mol. The first kappa shape index (κ1) is 69.1. The third-order valence-corrected chi connectivity index (χ3v) is 15.7. The van der Waals surface area contributed by atoms with Crippen molar-refractivity contribution in [2.45, 2.75) is 330 Å². The van der Waals surface area contributed by atoms with Gasteiger partial charge in [-0.1, -0.05) is 206 Å². The number of aliphatic hydroxyl groups is 11. The molecule has 0 bridgehead atoms. The Morgan fingerprint density at radius 2 is 0.750 bits per heavy atom. The zero-order valence-corrected chi connectivity index (χ0v) is 46.8. The van der Waals surface area contributed by atoms with Crippen molar-refractivity contribution in [3.8, 4) is 0 Å². The molecular formula is C57H109NO18. The van der Waals surface area contributed by atoms with Crippen molar-refractivity contribution >= 4 is 5.91 Å². The topological polar surface area (TPSA) is 307 Å². The van der Waals surface area contributed by atoms with E-state index in [4.69, 9.17) is 28.4 Å². The lowest BCUT2D eigenvalue weighted by molar-refractivity contribution is -0.379. The van der Waals surface area contributed by atoms with Crippen LogP contribution in [0.1, 0.15) is 226 Å². The van der Waals surface area contributed by atoms with Crippen LogP contribution in [0.25, 0.3) is 0 Å². The van der Waals surface area contributed by atoms with Gasteiger partial charge in [0.05, 0.1) is 38.6 Å². The van der Waals surface area contributed by atoms with Gasteiger partial charge in [0.25, 0.3) is 0 Å². The van der Waals surface area contributed by atoms with Gasteiger partial charge in [-0.15, -0.1) is 0 Å². The van der Waals surface area contributed by atoms with Crippen molar-refractivity contribution in [3.63, 3.8) is 0 Å². The summed E-state index contributed by atoms with van der Waals surface area (Å²) in [4.78, 5) is 13.3. The van der Waals surface area contributed by atoms with Crippen LogP contribution >= 0.6 is 0 Å². The van der Waals surface area contributed by atoms with Crippen LogP contribution in [0.3, 0.4) is 0 Å². The van der Waals surface area contributed by atoms with Gasteiger partial charge in [-0.3, -0.25) is 4.79 Å². The van der Waals surface area contributed by atoms with E-state index < -0.39 is 124 Å². The summed E-state index contributed by atoms with van der Waals surface area (Å²) in [6.45, 7) is 1.74. The summed E-state index contributed by atoms with van der Waals surface area (Å²) in [5.41, 5.74) is 0. The van der Waals surface area contributed by atoms with Crippen molar-refractivity contribution in [1.82, 2.24) is 5.32 Å². The molecule has 450 valence electrons. The molecule has 3 heterocycles. The fraction of sp³-hybridized carbons (Fsp3) is 0.982. The predicted molar refractivity (Wildman–Crippen MR) is 287 cm³/mol. The zero-order chi connectivity index (χ0) is 55.5. The Balaban J connectivity index is 1.39. The number of amides is 1. The Hall–Kier alpha value is -1.21. The minimum atomic E-state index is -1.97. The monoisotopic (exact) mass is 1100 g/mol. The number of rotatable bonds is 45. The smallest absolute Gasteiger partial charge is 0.220 e. The van der Waals surface area contributed by atoms with Gasteiger partial charge >= 0.3 is 0 Å². The molecule has 0 radical (unpaired) electrons. The molecule has 3 rings (SSSR count). The van der Waals surface area contributed by atoms with Crippen LogP contribution < -0.4 is 5.32 Å². The molecule has 3 saturated heterocycles. The highest BCUT2D eigenvalue weighted by molar-refractivity contribution is 5.76. The minimum Gasteiger partial charge on any atom is -0.394 e. The Kier molecular flexibility index (Phi) is 37.9. The Labute approximate surface area is 455 Å². The summed E-state index contributed by atoms with van der Waals surface area (Å²) < 4.78 is 34.2. The highest BCUT2D eigenvalue weighted by atomic mass is 16.8. The Morgan fingerprint density at radius 1 is 0.421 bits per heavy atom. The van der Waals surface area contributed by atoms with Crippen molar-refractivity contribution in [2.75, 3.05) is 26.4 Å². The van der Waals surface area contributed by atoms with E-state index in [2.05, 4.69) is 19.2 Å². The predicted octanol–water partition coefficient (Wildman–Crippen LogP) is 5.21. The van der Waals surface area contributed by atoms with Crippen LogP contribution in [0.4, 0.5) is 0 Å². The van der Waals surface area contributed by atoms with Gasteiger partial charge in [0.1, 0.15) is 73.2 Å². The number of aliphatic hydroxyl groups excluding tert-OH is 11. The molecule has 0 spiro atoms.